The number of ether oxygens (including phenoxy) is 1. The highest BCUT2D eigenvalue weighted by Gasteiger charge is 2.14. The molecule has 1 unspecified atom stereocenters. The van der Waals surface area contributed by atoms with Gasteiger partial charge < -0.3 is 19.6 Å². The molecule has 0 bridgehead atoms. The van der Waals surface area contributed by atoms with Crippen LogP contribution in [-0.2, 0) is 20.7 Å². The minimum absolute atomic E-state index is 0.144. The number of carboxylic acid groups (broad SMARTS) is 1. The monoisotopic (exact) mass is 291 g/mol. The van der Waals surface area contributed by atoms with Gasteiger partial charge in [0.05, 0.1) is 24.6 Å². The summed E-state index contributed by atoms with van der Waals surface area (Å²) in [7, 11) is 1.42. The molecule has 2 heterocycles. The van der Waals surface area contributed by atoms with Gasteiger partial charge in [0, 0.05) is 26.0 Å². The first-order valence-corrected chi connectivity index (χ1v) is 6.52. The van der Waals surface area contributed by atoms with Crippen molar-refractivity contribution in [1.82, 2.24) is 14.7 Å². The molecule has 0 saturated heterocycles. The van der Waals surface area contributed by atoms with Crippen LogP contribution in [0.25, 0.3) is 5.65 Å². The Labute approximate surface area is 121 Å². The highest BCUT2D eigenvalue weighted by atomic mass is 16.5. The van der Waals surface area contributed by atoms with Crippen LogP contribution < -0.4 is 5.32 Å². The van der Waals surface area contributed by atoms with Crippen molar-refractivity contribution in [1.29, 1.82) is 0 Å². The van der Waals surface area contributed by atoms with Gasteiger partial charge in [-0.2, -0.15) is 0 Å². The van der Waals surface area contributed by atoms with E-state index in [1.54, 1.807) is 6.20 Å². The molecule has 0 radical (unpaired) electrons. The Morgan fingerprint density at radius 2 is 2.29 bits per heavy atom. The summed E-state index contributed by atoms with van der Waals surface area (Å²) in [5.41, 5.74) is 1.44. The minimum atomic E-state index is -0.962. The van der Waals surface area contributed by atoms with E-state index in [1.807, 2.05) is 28.8 Å². The quantitative estimate of drug-likeness (QED) is 0.774. The Hall–Kier alpha value is -2.41. The van der Waals surface area contributed by atoms with E-state index in [1.165, 1.54) is 7.11 Å². The highest BCUT2D eigenvalue weighted by molar-refractivity contribution is 5.78. The van der Waals surface area contributed by atoms with Crippen LogP contribution in [0.3, 0.4) is 0 Å². The van der Waals surface area contributed by atoms with Gasteiger partial charge in [-0.15, -0.1) is 0 Å². The van der Waals surface area contributed by atoms with Gasteiger partial charge in [-0.1, -0.05) is 6.07 Å². The maximum Gasteiger partial charge on any atom is 0.306 e. The van der Waals surface area contributed by atoms with Gasteiger partial charge in [0.1, 0.15) is 5.65 Å². The number of carbonyl (C=O) groups is 2. The largest absolute Gasteiger partial charge is 0.481 e. The van der Waals surface area contributed by atoms with Crippen molar-refractivity contribution in [2.75, 3.05) is 13.7 Å². The van der Waals surface area contributed by atoms with E-state index in [9.17, 15) is 9.59 Å². The molecule has 0 aliphatic heterocycles. The van der Waals surface area contributed by atoms with E-state index >= 15 is 0 Å². The molecular weight excluding hydrogens is 274 g/mol. The van der Waals surface area contributed by atoms with E-state index in [0.717, 1.165) is 5.65 Å². The number of methoxy groups -OCH3 is 1. The van der Waals surface area contributed by atoms with Crippen LogP contribution >= 0.6 is 0 Å². The first-order valence-electron chi connectivity index (χ1n) is 6.52. The van der Waals surface area contributed by atoms with Crippen molar-refractivity contribution >= 4 is 17.5 Å². The summed E-state index contributed by atoms with van der Waals surface area (Å²) in [6.07, 6.45) is 3.11. The van der Waals surface area contributed by atoms with Crippen LogP contribution in [0.15, 0.2) is 30.6 Å². The SMILES string of the molecule is COC(CNC(=O)Cc1cn2ccccc2n1)CC(=O)O. The third-order valence-corrected chi connectivity index (χ3v) is 3.02. The molecule has 2 aromatic heterocycles. The van der Waals surface area contributed by atoms with Gasteiger partial charge in [0.25, 0.3) is 0 Å². The number of fused-ring (bicyclic) bond motifs is 1. The summed E-state index contributed by atoms with van der Waals surface area (Å²) in [6, 6.07) is 5.62. The van der Waals surface area contributed by atoms with Gasteiger partial charge in [-0.25, -0.2) is 4.98 Å². The van der Waals surface area contributed by atoms with Crippen LogP contribution in [0.2, 0.25) is 0 Å². The molecule has 0 fully saturated rings. The summed E-state index contributed by atoms with van der Waals surface area (Å²) < 4.78 is 6.83. The van der Waals surface area contributed by atoms with Crippen LogP contribution in [0.1, 0.15) is 12.1 Å². The molecule has 0 aromatic carbocycles. The van der Waals surface area contributed by atoms with E-state index in [4.69, 9.17) is 9.84 Å². The number of rotatable bonds is 7. The molecule has 7 nitrogen and oxygen atoms in total. The summed E-state index contributed by atoms with van der Waals surface area (Å²) in [4.78, 5) is 26.8. The predicted octanol–water partition coefficient (Wildman–Crippen LogP) is 0.483. The fraction of sp³-hybridized carbons (Fsp3) is 0.357. The number of imidazole rings is 1. The lowest BCUT2D eigenvalue weighted by atomic mass is 10.2. The summed E-state index contributed by atoms with van der Waals surface area (Å²) >= 11 is 0. The second-order valence-corrected chi connectivity index (χ2v) is 4.63. The molecule has 2 N–H and O–H groups in total. The number of nitrogens with zero attached hydrogens (tertiary/aromatic N) is 2. The Balaban J connectivity index is 1.87. The van der Waals surface area contributed by atoms with Crippen molar-refractivity contribution in [2.45, 2.75) is 18.9 Å². The minimum Gasteiger partial charge on any atom is -0.481 e. The zero-order valence-electron chi connectivity index (χ0n) is 11.7. The molecule has 7 heteroatoms. The van der Waals surface area contributed by atoms with Gasteiger partial charge in [-0.05, 0) is 12.1 Å². The van der Waals surface area contributed by atoms with E-state index in [-0.39, 0.29) is 25.3 Å². The molecule has 21 heavy (non-hydrogen) atoms. The number of nitrogens with one attached hydrogen (secondary N) is 1. The Kier molecular flexibility index (Phi) is 4.89. The number of carboxylic acids is 1. The average Bonchev–Trinajstić information content (AvgIpc) is 2.85. The lowest BCUT2D eigenvalue weighted by Gasteiger charge is -2.13. The second-order valence-electron chi connectivity index (χ2n) is 4.63. The number of hydrogen-bond acceptors (Lipinski definition) is 4. The fourth-order valence-corrected chi connectivity index (χ4v) is 1.96. The zero-order chi connectivity index (χ0) is 15.2. The third kappa shape index (κ3) is 4.28. The van der Waals surface area contributed by atoms with Crippen LogP contribution in [-0.4, -0.2) is 46.1 Å². The third-order valence-electron chi connectivity index (χ3n) is 3.02. The Bertz CT molecular complexity index is 605. The fourth-order valence-electron chi connectivity index (χ4n) is 1.96. The smallest absolute Gasteiger partial charge is 0.306 e. The van der Waals surface area contributed by atoms with Crippen molar-refractivity contribution < 1.29 is 19.4 Å². The number of hydrogen-bond donors (Lipinski definition) is 2. The van der Waals surface area contributed by atoms with E-state index in [0.29, 0.717) is 5.69 Å². The maximum atomic E-state index is 11.8. The molecule has 0 saturated carbocycles. The first kappa shape index (κ1) is 15.0. The lowest BCUT2D eigenvalue weighted by Crippen LogP contribution is -2.35. The molecule has 112 valence electrons. The van der Waals surface area contributed by atoms with Gasteiger partial charge in [0.2, 0.25) is 5.91 Å². The lowest BCUT2D eigenvalue weighted by molar-refractivity contribution is -0.140. The Morgan fingerprint density at radius 3 is 2.95 bits per heavy atom. The first-order chi connectivity index (χ1) is 10.1. The van der Waals surface area contributed by atoms with Crippen molar-refractivity contribution in [3.63, 3.8) is 0 Å². The topological polar surface area (TPSA) is 92.9 Å². The zero-order valence-corrected chi connectivity index (χ0v) is 11.7. The van der Waals surface area contributed by atoms with Crippen molar-refractivity contribution in [3.8, 4) is 0 Å². The Morgan fingerprint density at radius 1 is 1.48 bits per heavy atom. The second kappa shape index (κ2) is 6.85. The van der Waals surface area contributed by atoms with E-state index in [2.05, 4.69) is 10.3 Å². The summed E-state index contributed by atoms with van der Waals surface area (Å²) in [5, 5.41) is 11.3. The van der Waals surface area contributed by atoms with Gasteiger partial charge in [-0.3, -0.25) is 9.59 Å². The van der Waals surface area contributed by atoms with Crippen LogP contribution in [0, 0.1) is 0 Å². The van der Waals surface area contributed by atoms with E-state index < -0.39 is 12.1 Å². The number of pyridine rings is 1. The van der Waals surface area contributed by atoms with Crippen LogP contribution in [0.4, 0.5) is 0 Å². The van der Waals surface area contributed by atoms with Crippen molar-refractivity contribution in [2.24, 2.45) is 0 Å². The number of amides is 1. The van der Waals surface area contributed by atoms with Gasteiger partial charge in [0.15, 0.2) is 0 Å². The molecule has 0 spiro atoms. The average molecular weight is 291 g/mol. The normalized spacial score (nSPS) is 12.2. The summed E-state index contributed by atoms with van der Waals surface area (Å²) in [6.45, 7) is 0.162. The molecule has 0 aliphatic rings. The van der Waals surface area contributed by atoms with Crippen LogP contribution in [0.5, 0.6) is 0 Å². The number of aromatic nitrogens is 2. The van der Waals surface area contributed by atoms with Gasteiger partial charge >= 0.3 is 5.97 Å². The summed E-state index contributed by atoms with van der Waals surface area (Å²) in [5.74, 6) is -1.18. The molecule has 2 rings (SSSR count). The number of aliphatic carboxylic acids is 1. The maximum absolute atomic E-state index is 11.8. The molecule has 1 atom stereocenters. The molecular formula is C14H17N3O4. The standard InChI is InChI=1S/C14H17N3O4/c1-21-11(7-14(19)20)8-15-13(18)6-10-9-17-5-3-2-4-12(17)16-10/h2-5,9,11H,6-8H2,1H3,(H,15,18)(H,19,20). The predicted molar refractivity (Wildman–Crippen MR) is 75.0 cm³/mol. The van der Waals surface area contributed by atoms with Crippen molar-refractivity contribution in [3.05, 3.63) is 36.3 Å². The molecule has 2 aromatic rings. The molecule has 0 aliphatic carbocycles. The molecule has 1 amide bonds. The highest BCUT2D eigenvalue weighted by Crippen LogP contribution is 2.05. The number of carbonyl (C=O) groups excluding carboxylic acids is 1.